The molecule has 0 aliphatic carbocycles. The van der Waals surface area contributed by atoms with Crippen molar-refractivity contribution in [2.75, 3.05) is 0 Å². The number of rotatable bonds is 20. The van der Waals surface area contributed by atoms with E-state index in [0.717, 1.165) is 13.8 Å². The van der Waals surface area contributed by atoms with Gasteiger partial charge in [-0.25, -0.2) is 0 Å². The Morgan fingerprint density at radius 2 is 0.647 bits per heavy atom. The topological polar surface area (TPSA) is 80.3 Å². The van der Waals surface area contributed by atoms with Crippen molar-refractivity contribution in [2.24, 2.45) is 0 Å². The van der Waals surface area contributed by atoms with Gasteiger partial charge in [-0.1, -0.05) is 0 Å². The first-order valence-corrected chi connectivity index (χ1v) is 22.1. The summed E-state index contributed by atoms with van der Waals surface area (Å²) in [6, 6.07) is 0. The molecule has 0 aliphatic rings. The molecule has 200 valence electrons. The van der Waals surface area contributed by atoms with E-state index in [1.165, 1.54) is 89.9 Å². The molecule has 0 radical (unpaired) electrons. The van der Waals surface area contributed by atoms with Crippen molar-refractivity contribution in [3.8, 4) is 0 Å². The fraction of sp³-hybridized carbons (Fsp3) is 0.929. The van der Waals surface area contributed by atoms with Gasteiger partial charge in [-0.3, -0.25) is 0 Å². The van der Waals surface area contributed by atoms with Crippen LogP contribution in [-0.4, -0.2) is 54.2 Å². The summed E-state index contributed by atoms with van der Waals surface area (Å²) in [5, 5.41) is 17.8. The van der Waals surface area contributed by atoms with Crippen molar-refractivity contribution in [1.82, 2.24) is 0 Å². The van der Waals surface area contributed by atoms with Crippen LogP contribution in [0, 0.1) is 0 Å². The molecule has 0 fully saturated rings. The van der Waals surface area contributed by atoms with Gasteiger partial charge in [-0.15, -0.1) is 0 Å². The molecule has 0 rings (SSSR count). The van der Waals surface area contributed by atoms with Crippen LogP contribution in [0.25, 0.3) is 0 Å². The number of aliphatic carboxylic acids is 2. The Hall–Kier alpha value is 0.537. The summed E-state index contributed by atoms with van der Waals surface area (Å²) in [4.78, 5) is 17.8. The first-order chi connectivity index (χ1) is 16.3. The zero-order valence-corrected chi connectivity index (χ0v) is 29.5. The molecule has 6 heteroatoms. The third-order valence-corrected chi connectivity index (χ3v) is 12.9. The normalized spacial score (nSPS) is 9.12. The van der Waals surface area contributed by atoms with Gasteiger partial charge >= 0.3 is 190 Å². The standard InChI is InChI=1S/2C8H17.2C4H9.2C2H4O2.2Sn/c2*1-3-5-7-8-6-4-2;2*1-3-4-2;2*1-2(3)4;;/h2*1,3-8H2,2H3;2*1,3-4H2,2H3;2*1H3,(H,3,4);;/q;;;;;;2*+2/p-2. The Morgan fingerprint density at radius 3 is 0.912 bits per heavy atom. The fourth-order valence-electron chi connectivity index (χ4n) is 2.91. The van der Waals surface area contributed by atoms with Gasteiger partial charge in [-0.05, 0) is 13.8 Å². The van der Waals surface area contributed by atoms with Crippen LogP contribution in [0.2, 0.25) is 17.7 Å². The molecule has 0 spiro atoms. The first kappa shape index (κ1) is 41.7. The number of carbonyl (C=O) groups excluding carboxylic acids is 2. The Balaban J connectivity index is -0.000000219. The summed E-state index contributed by atoms with van der Waals surface area (Å²) in [5.74, 6) is -2.17. The van der Waals surface area contributed by atoms with Crippen LogP contribution < -0.4 is 10.2 Å². The van der Waals surface area contributed by atoms with Gasteiger partial charge in [0.15, 0.2) is 0 Å². The number of carboxylic acid groups (broad SMARTS) is 2. The predicted octanol–water partition coefficient (Wildman–Crippen LogP) is 6.89. The van der Waals surface area contributed by atoms with Crippen LogP contribution in [0.4, 0.5) is 0 Å². The van der Waals surface area contributed by atoms with Crippen LogP contribution in [0.3, 0.4) is 0 Å². The van der Waals surface area contributed by atoms with Gasteiger partial charge in [0, 0.05) is 11.9 Å². The van der Waals surface area contributed by atoms with Crippen LogP contribution in [0.5, 0.6) is 0 Å². The van der Waals surface area contributed by atoms with E-state index in [2.05, 4.69) is 27.7 Å². The second-order valence-corrected chi connectivity index (χ2v) is 17.3. The molecule has 0 bridgehead atoms. The quantitative estimate of drug-likeness (QED) is 0.103. The van der Waals surface area contributed by atoms with Crippen molar-refractivity contribution >= 4 is 54.2 Å². The molecule has 0 heterocycles. The number of carboxylic acids is 2. The predicted molar refractivity (Wildman–Crippen MR) is 149 cm³/mol. The Morgan fingerprint density at radius 1 is 0.441 bits per heavy atom. The molecule has 0 saturated heterocycles. The Labute approximate surface area is 234 Å². The van der Waals surface area contributed by atoms with Crippen molar-refractivity contribution in [3.63, 3.8) is 0 Å². The van der Waals surface area contributed by atoms with Gasteiger partial charge in [0.1, 0.15) is 0 Å². The maximum absolute atomic E-state index is 8.89. The van der Waals surface area contributed by atoms with Crippen molar-refractivity contribution in [3.05, 3.63) is 0 Å². The zero-order chi connectivity index (χ0) is 26.7. The van der Waals surface area contributed by atoms with Crippen LogP contribution in [-0.2, 0) is 9.59 Å². The molecule has 0 N–H and O–H groups in total. The van der Waals surface area contributed by atoms with Crippen molar-refractivity contribution in [1.29, 1.82) is 0 Å². The number of hydrogen-bond donors (Lipinski definition) is 0. The second-order valence-electron chi connectivity index (χ2n) is 8.73. The van der Waals surface area contributed by atoms with E-state index in [1.54, 1.807) is 30.6 Å². The average molecular weight is 696 g/mol. The average Bonchev–Trinajstić information content (AvgIpc) is 2.77. The fourth-order valence-corrected chi connectivity index (χ4v) is 10.6. The minimum atomic E-state index is -1.08. The summed E-state index contributed by atoms with van der Waals surface area (Å²) in [6.45, 7) is 11.1. The van der Waals surface area contributed by atoms with E-state index in [0.29, 0.717) is 0 Å². The molecule has 0 aliphatic heterocycles. The van der Waals surface area contributed by atoms with Crippen molar-refractivity contribution < 1.29 is 19.8 Å². The molecular weight excluding hydrogens is 638 g/mol. The van der Waals surface area contributed by atoms with Crippen LogP contribution >= 0.6 is 0 Å². The van der Waals surface area contributed by atoms with E-state index in [1.807, 2.05) is 0 Å². The van der Waals surface area contributed by atoms with Gasteiger partial charge in [0.2, 0.25) is 0 Å². The molecular formula is C28H58O4Sn2+2. The molecule has 0 unspecified atom stereocenters. The molecule has 0 aromatic heterocycles. The molecule has 0 aromatic carbocycles. The van der Waals surface area contributed by atoms with Crippen molar-refractivity contribution in [2.45, 2.75) is 162 Å². The summed E-state index contributed by atoms with van der Waals surface area (Å²) < 4.78 is 6.56. The molecule has 34 heavy (non-hydrogen) atoms. The summed E-state index contributed by atoms with van der Waals surface area (Å²) in [6.07, 6.45) is 23.7. The van der Waals surface area contributed by atoms with Gasteiger partial charge in [-0.2, -0.15) is 0 Å². The summed E-state index contributed by atoms with van der Waals surface area (Å²) >= 11 is 0.223. The SMILES string of the molecule is CC(=O)[O-].CC(=O)[O-].CCCCCCC[CH2][Sn+2][CH2]CCCCCCC.CCC[CH2][Sn+2][CH2]CCC. The number of unbranched alkanes of at least 4 members (excludes halogenated alkanes) is 12. The minimum absolute atomic E-state index is 0.0736. The number of hydrogen-bond acceptors (Lipinski definition) is 4. The van der Waals surface area contributed by atoms with Crippen LogP contribution in [0.15, 0.2) is 0 Å². The van der Waals surface area contributed by atoms with Gasteiger partial charge < -0.3 is 19.8 Å². The Bertz CT molecular complexity index is 326. The Kier molecular flexibility index (Phi) is 53.4. The van der Waals surface area contributed by atoms with Crippen LogP contribution in [0.1, 0.15) is 144 Å². The van der Waals surface area contributed by atoms with E-state index < -0.39 is 11.9 Å². The van der Waals surface area contributed by atoms with Gasteiger partial charge in [0.05, 0.1) is 0 Å². The van der Waals surface area contributed by atoms with E-state index in [-0.39, 0.29) is 42.3 Å². The summed E-state index contributed by atoms with van der Waals surface area (Å²) in [5.41, 5.74) is 0. The third-order valence-electron chi connectivity index (χ3n) is 4.83. The van der Waals surface area contributed by atoms with E-state index in [9.17, 15) is 0 Å². The van der Waals surface area contributed by atoms with E-state index in [4.69, 9.17) is 19.8 Å². The molecule has 0 saturated carbocycles. The molecule has 0 atom stereocenters. The monoisotopic (exact) mass is 698 g/mol. The second kappa shape index (κ2) is 43.6. The third kappa shape index (κ3) is 76.7. The first-order valence-electron chi connectivity index (χ1n) is 14.1. The zero-order valence-electron chi connectivity index (χ0n) is 23.8. The molecule has 0 aromatic rings. The molecule has 4 nitrogen and oxygen atoms in total. The van der Waals surface area contributed by atoms with E-state index >= 15 is 0 Å². The maximum atomic E-state index is 8.89. The molecule has 0 amide bonds. The summed E-state index contributed by atoms with van der Waals surface area (Å²) in [7, 11) is 0. The van der Waals surface area contributed by atoms with Gasteiger partial charge in [0.25, 0.3) is 0 Å². The number of carbonyl (C=O) groups is 2.